The van der Waals surface area contributed by atoms with Gasteiger partial charge in [-0.25, -0.2) is 9.97 Å². The third-order valence-corrected chi connectivity index (χ3v) is 2.57. The molecule has 0 spiro atoms. The lowest BCUT2D eigenvalue weighted by Gasteiger charge is -2.13. The number of aldehydes is 1. The Morgan fingerprint density at radius 2 is 2.12 bits per heavy atom. The first-order valence-corrected chi connectivity index (χ1v) is 5.57. The first-order valence-electron chi connectivity index (χ1n) is 5.57. The molecule has 17 heavy (non-hydrogen) atoms. The molecule has 0 bridgehead atoms. The standard InChI is InChI=1S/C12H16N2O3/c1-9-13-7-11(8-14-9)10(6-12(16)17)4-2-3-5-15/h5,7-8,10H,2-4,6H2,1H3,(H,16,17). The van der Waals surface area contributed by atoms with Crippen LogP contribution in [-0.2, 0) is 9.59 Å². The van der Waals surface area contributed by atoms with Gasteiger partial charge < -0.3 is 9.90 Å². The van der Waals surface area contributed by atoms with Crippen molar-refractivity contribution in [1.82, 2.24) is 9.97 Å². The molecule has 5 heteroatoms. The molecule has 0 fully saturated rings. The molecule has 0 aliphatic rings. The Kier molecular flexibility index (Phi) is 5.26. The van der Waals surface area contributed by atoms with Gasteiger partial charge in [-0.1, -0.05) is 0 Å². The van der Waals surface area contributed by atoms with Gasteiger partial charge in [0, 0.05) is 18.8 Å². The zero-order valence-corrected chi connectivity index (χ0v) is 9.80. The molecule has 1 rings (SSSR count). The molecule has 1 unspecified atom stereocenters. The van der Waals surface area contributed by atoms with Crippen molar-refractivity contribution < 1.29 is 14.7 Å². The molecular weight excluding hydrogens is 220 g/mol. The van der Waals surface area contributed by atoms with Crippen LogP contribution in [-0.4, -0.2) is 27.3 Å². The van der Waals surface area contributed by atoms with Crippen LogP contribution >= 0.6 is 0 Å². The van der Waals surface area contributed by atoms with E-state index in [1.165, 1.54) is 0 Å². The van der Waals surface area contributed by atoms with Gasteiger partial charge in [-0.2, -0.15) is 0 Å². The second kappa shape index (κ2) is 6.73. The van der Waals surface area contributed by atoms with Crippen LogP contribution in [0.2, 0.25) is 0 Å². The van der Waals surface area contributed by atoms with Crippen LogP contribution in [0.15, 0.2) is 12.4 Å². The fourth-order valence-corrected chi connectivity index (χ4v) is 1.66. The Hall–Kier alpha value is -1.78. The van der Waals surface area contributed by atoms with E-state index in [-0.39, 0.29) is 12.3 Å². The van der Waals surface area contributed by atoms with Gasteiger partial charge >= 0.3 is 5.97 Å². The van der Waals surface area contributed by atoms with Crippen LogP contribution in [0.3, 0.4) is 0 Å². The van der Waals surface area contributed by atoms with Gasteiger partial charge in [-0.15, -0.1) is 0 Å². The van der Waals surface area contributed by atoms with Crippen molar-refractivity contribution in [2.45, 2.75) is 38.5 Å². The minimum Gasteiger partial charge on any atom is -0.481 e. The second-order valence-corrected chi connectivity index (χ2v) is 3.96. The number of rotatable bonds is 7. The van der Waals surface area contributed by atoms with Crippen molar-refractivity contribution in [3.8, 4) is 0 Å². The molecule has 0 saturated heterocycles. The lowest BCUT2D eigenvalue weighted by atomic mass is 9.93. The summed E-state index contributed by atoms with van der Waals surface area (Å²) >= 11 is 0. The Morgan fingerprint density at radius 1 is 1.47 bits per heavy atom. The highest BCUT2D eigenvalue weighted by molar-refractivity contribution is 5.68. The van der Waals surface area contributed by atoms with E-state index in [1.807, 2.05) is 0 Å². The molecule has 0 amide bonds. The molecule has 1 heterocycles. The smallest absolute Gasteiger partial charge is 0.303 e. The van der Waals surface area contributed by atoms with Crippen LogP contribution in [0.1, 0.15) is 43.0 Å². The summed E-state index contributed by atoms with van der Waals surface area (Å²) < 4.78 is 0. The average molecular weight is 236 g/mol. The molecule has 1 aromatic heterocycles. The van der Waals surface area contributed by atoms with Gasteiger partial charge in [0.2, 0.25) is 0 Å². The molecule has 92 valence electrons. The topological polar surface area (TPSA) is 80.2 Å². The first-order chi connectivity index (χ1) is 8.13. The third kappa shape index (κ3) is 4.72. The average Bonchev–Trinajstić information content (AvgIpc) is 2.28. The zero-order valence-electron chi connectivity index (χ0n) is 9.80. The Labute approximate surface area is 99.9 Å². The molecule has 0 aliphatic heterocycles. The maximum absolute atomic E-state index is 10.8. The van der Waals surface area contributed by atoms with Crippen LogP contribution in [0.5, 0.6) is 0 Å². The van der Waals surface area contributed by atoms with E-state index in [9.17, 15) is 9.59 Å². The number of nitrogens with zero attached hydrogens (tertiary/aromatic N) is 2. The van der Waals surface area contributed by atoms with Crippen LogP contribution in [0, 0.1) is 6.92 Å². The van der Waals surface area contributed by atoms with Gasteiger partial charge in [-0.05, 0) is 31.2 Å². The number of aryl methyl sites for hydroxylation is 1. The number of carboxylic acid groups (broad SMARTS) is 1. The number of aromatic nitrogens is 2. The minimum absolute atomic E-state index is 0.0469. The van der Waals surface area contributed by atoms with Crippen molar-refractivity contribution in [2.24, 2.45) is 0 Å². The van der Waals surface area contributed by atoms with E-state index in [2.05, 4.69) is 9.97 Å². The molecule has 1 N–H and O–H groups in total. The number of hydrogen-bond donors (Lipinski definition) is 1. The molecular formula is C12H16N2O3. The number of unbranched alkanes of at least 4 members (excludes halogenated alkanes) is 1. The van der Waals surface area contributed by atoms with E-state index < -0.39 is 5.97 Å². The van der Waals surface area contributed by atoms with E-state index in [0.717, 1.165) is 11.8 Å². The summed E-state index contributed by atoms with van der Waals surface area (Å²) in [6.07, 6.45) is 6.04. The van der Waals surface area contributed by atoms with Gasteiger partial charge in [0.1, 0.15) is 12.1 Å². The van der Waals surface area contributed by atoms with Crippen LogP contribution in [0.4, 0.5) is 0 Å². The lowest BCUT2D eigenvalue weighted by Crippen LogP contribution is -2.08. The van der Waals surface area contributed by atoms with Gasteiger partial charge in [0.25, 0.3) is 0 Å². The largest absolute Gasteiger partial charge is 0.481 e. The molecule has 1 atom stereocenters. The normalized spacial score (nSPS) is 12.1. The Bertz CT molecular complexity index is 376. The first kappa shape index (κ1) is 13.3. The SMILES string of the molecule is Cc1ncc(C(CCCC=O)CC(=O)O)cn1. The lowest BCUT2D eigenvalue weighted by molar-refractivity contribution is -0.137. The van der Waals surface area contributed by atoms with Gasteiger partial charge in [0.05, 0.1) is 6.42 Å². The molecule has 1 aromatic rings. The summed E-state index contributed by atoms with van der Waals surface area (Å²) in [7, 11) is 0. The number of carbonyl (C=O) groups excluding carboxylic acids is 1. The number of carboxylic acids is 1. The van der Waals surface area contributed by atoms with Gasteiger partial charge in [-0.3, -0.25) is 4.79 Å². The maximum atomic E-state index is 10.8. The summed E-state index contributed by atoms with van der Waals surface area (Å²) in [5.74, 6) is -0.301. The predicted molar refractivity (Wildman–Crippen MR) is 61.7 cm³/mol. The summed E-state index contributed by atoms with van der Waals surface area (Å²) in [5.41, 5.74) is 0.823. The van der Waals surface area contributed by atoms with E-state index in [0.29, 0.717) is 25.1 Å². The van der Waals surface area contributed by atoms with Crippen LogP contribution in [0.25, 0.3) is 0 Å². The zero-order chi connectivity index (χ0) is 12.7. The molecule has 0 aliphatic carbocycles. The number of hydrogen-bond acceptors (Lipinski definition) is 4. The van der Waals surface area contributed by atoms with Crippen molar-refractivity contribution in [2.75, 3.05) is 0 Å². The minimum atomic E-state index is -0.846. The van der Waals surface area contributed by atoms with Crippen molar-refractivity contribution in [1.29, 1.82) is 0 Å². The monoisotopic (exact) mass is 236 g/mol. The highest BCUT2D eigenvalue weighted by Gasteiger charge is 2.16. The third-order valence-electron chi connectivity index (χ3n) is 2.57. The molecule has 5 nitrogen and oxygen atoms in total. The van der Waals surface area contributed by atoms with Crippen molar-refractivity contribution >= 4 is 12.3 Å². The Morgan fingerprint density at radius 3 is 2.65 bits per heavy atom. The van der Waals surface area contributed by atoms with E-state index in [1.54, 1.807) is 19.3 Å². The fraction of sp³-hybridized carbons (Fsp3) is 0.500. The molecule has 0 aromatic carbocycles. The predicted octanol–water partition coefficient (Wildman–Crippen LogP) is 1.71. The van der Waals surface area contributed by atoms with Crippen molar-refractivity contribution in [3.05, 3.63) is 23.8 Å². The summed E-state index contributed by atoms with van der Waals surface area (Å²) in [4.78, 5) is 29.1. The highest BCUT2D eigenvalue weighted by Crippen LogP contribution is 2.24. The number of aliphatic carboxylic acids is 1. The van der Waals surface area contributed by atoms with Gasteiger partial charge in [0.15, 0.2) is 0 Å². The van der Waals surface area contributed by atoms with E-state index >= 15 is 0 Å². The summed E-state index contributed by atoms with van der Waals surface area (Å²) in [6, 6.07) is 0. The summed E-state index contributed by atoms with van der Waals surface area (Å²) in [5, 5.41) is 8.85. The van der Waals surface area contributed by atoms with Crippen molar-refractivity contribution in [3.63, 3.8) is 0 Å². The summed E-state index contributed by atoms with van der Waals surface area (Å²) in [6.45, 7) is 1.78. The van der Waals surface area contributed by atoms with E-state index in [4.69, 9.17) is 5.11 Å². The highest BCUT2D eigenvalue weighted by atomic mass is 16.4. The molecule has 0 saturated carbocycles. The van der Waals surface area contributed by atoms with Crippen LogP contribution < -0.4 is 0 Å². The second-order valence-electron chi connectivity index (χ2n) is 3.96. The molecule has 0 radical (unpaired) electrons. The fourth-order valence-electron chi connectivity index (χ4n) is 1.66. The quantitative estimate of drug-likeness (QED) is 0.575. The number of carbonyl (C=O) groups is 2. The Balaban J connectivity index is 2.70. The maximum Gasteiger partial charge on any atom is 0.303 e.